The van der Waals surface area contributed by atoms with Crippen molar-refractivity contribution in [1.82, 2.24) is 19.6 Å². The van der Waals surface area contributed by atoms with Crippen LogP contribution in [0, 0.1) is 0 Å². The van der Waals surface area contributed by atoms with Gasteiger partial charge < -0.3 is 4.90 Å². The van der Waals surface area contributed by atoms with Gasteiger partial charge in [0.15, 0.2) is 5.65 Å². The molecular formula is C14H12BrN5. The smallest absolute Gasteiger partial charge is 0.160 e. The molecule has 1 fully saturated rings. The van der Waals surface area contributed by atoms with E-state index in [1.54, 1.807) is 0 Å². The molecule has 100 valence electrons. The van der Waals surface area contributed by atoms with Crippen molar-refractivity contribution < 1.29 is 0 Å². The normalized spacial score (nSPS) is 15.6. The molecule has 1 aliphatic heterocycles. The molecule has 6 heteroatoms. The summed E-state index contributed by atoms with van der Waals surface area (Å²) in [6.45, 7) is 1.91. The highest BCUT2D eigenvalue weighted by molar-refractivity contribution is 9.10. The second-order valence-electron chi connectivity index (χ2n) is 4.92. The maximum atomic E-state index is 4.33. The number of nitrogens with zero attached hydrogens (tertiary/aromatic N) is 5. The topological polar surface area (TPSA) is 46.3 Å². The first-order valence-corrected chi connectivity index (χ1v) is 7.26. The molecule has 0 N–H and O–H groups in total. The van der Waals surface area contributed by atoms with Crippen molar-refractivity contribution in [1.29, 1.82) is 0 Å². The summed E-state index contributed by atoms with van der Waals surface area (Å²) < 4.78 is 3.11. The fourth-order valence-electron chi connectivity index (χ4n) is 2.60. The summed E-state index contributed by atoms with van der Waals surface area (Å²) >= 11 is 3.54. The van der Waals surface area contributed by atoms with E-state index in [0.29, 0.717) is 5.92 Å². The number of aromatic nitrogens is 4. The van der Waals surface area contributed by atoms with Crippen LogP contribution in [0.25, 0.3) is 5.65 Å². The summed E-state index contributed by atoms with van der Waals surface area (Å²) in [5.41, 5.74) is 2.09. The molecule has 0 aromatic carbocycles. The minimum Gasteiger partial charge on any atom is -0.369 e. The van der Waals surface area contributed by atoms with Crippen molar-refractivity contribution in [2.45, 2.75) is 5.92 Å². The Balaban J connectivity index is 1.58. The van der Waals surface area contributed by atoms with Gasteiger partial charge >= 0.3 is 0 Å². The van der Waals surface area contributed by atoms with E-state index >= 15 is 0 Å². The minimum atomic E-state index is 0.424. The Kier molecular flexibility index (Phi) is 2.70. The van der Waals surface area contributed by atoms with E-state index in [4.69, 9.17) is 0 Å². The van der Waals surface area contributed by atoms with Gasteiger partial charge in [-0.3, -0.25) is 9.38 Å². The molecule has 0 atom stereocenters. The third kappa shape index (κ3) is 1.79. The first-order chi connectivity index (χ1) is 9.83. The molecule has 3 aromatic rings. The average molecular weight is 330 g/mol. The van der Waals surface area contributed by atoms with Gasteiger partial charge in [0.2, 0.25) is 0 Å². The Morgan fingerprint density at radius 2 is 2.05 bits per heavy atom. The maximum absolute atomic E-state index is 4.33. The Morgan fingerprint density at radius 3 is 2.90 bits per heavy atom. The molecule has 1 saturated heterocycles. The maximum Gasteiger partial charge on any atom is 0.160 e. The fourth-order valence-corrected chi connectivity index (χ4v) is 3.10. The highest BCUT2D eigenvalue weighted by atomic mass is 79.9. The van der Waals surface area contributed by atoms with Gasteiger partial charge in [0.1, 0.15) is 5.82 Å². The lowest BCUT2D eigenvalue weighted by molar-refractivity contribution is 0.496. The lowest BCUT2D eigenvalue weighted by Crippen LogP contribution is -2.46. The Morgan fingerprint density at radius 1 is 1.15 bits per heavy atom. The van der Waals surface area contributed by atoms with Crippen LogP contribution in [0.3, 0.4) is 0 Å². The average Bonchev–Trinajstić information content (AvgIpc) is 2.83. The summed E-state index contributed by atoms with van der Waals surface area (Å²) in [7, 11) is 0. The van der Waals surface area contributed by atoms with Gasteiger partial charge in [-0.25, -0.2) is 0 Å². The van der Waals surface area contributed by atoms with Crippen LogP contribution in [0.1, 0.15) is 11.7 Å². The second-order valence-corrected chi connectivity index (χ2v) is 5.77. The summed E-state index contributed by atoms with van der Waals surface area (Å²) in [5.74, 6) is 1.47. The number of rotatable bonds is 2. The molecule has 4 rings (SSSR count). The number of fused-ring (bicyclic) bond motifs is 1. The molecule has 0 spiro atoms. The zero-order valence-electron chi connectivity index (χ0n) is 10.6. The van der Waals surface area contributed by atoms with Gasteiger partial charge in [-0.15, -0.1) is 10.2 Å². The van der Waals surface area contributed by atoms with Crippen LogP contribution >= 0.6 is 15.9 Å². The Labute approximate surface area is 124 Å². The van der Waals surface area contributed by atoms with E-state index in [9.17, 15) is 0 Å². The molecule has 3 aromatic heterocycles. The second kappa shape index (κ2) is 4.56. The Hall–Kier alpha value is -1.95. The van der Waals surface area contributed by atoms with Gasteiger partial charge in [-0.2, -0.15) is 0 Å². The van der Waals surface area contributed by atoms with E-state index in [1.165, 1.54) is 5.69 Å². The summed E-state index contributed by atoms with van der Waals surface area (Å²) in [6, 6.07) is 8.00. The van der Waals surface area contributed by atoms with Crippen molar-refractivity contribution in [3.63, 3.8) is 0 Å². The molecular weight excluding hydrogens is 318 g/mol. The number of hydrogen-bond donors (Lipinski definition) is 0. The predicted molar refractivity (Wildman–Crippen MR) is 79.9 cm³/mol. The fraction of sp³-hybridized carbons (Fsp3) is 0.214. The van der Waals surface area contributed by atoms with Crippen LogP contribution in [0.2, 0.25) is 0 Å². The lowest BCUT2D eigenvalue weighted by atomic mass is 9.98. The van der Waals surface area contributed by atoms with Gasteiger partial charge in [0.05, 0.1) is 16.1 Å². The van der Waals surface area contributed by atoms with E-state index in [1.807, 2.05) is 42.9 Å². The summed E-state index contributed by atoms with van der Waals surface area (Å²) in [6.07, 6.45) is 5.67. The lowest BCUT2D eigenvalue weighted by Gasteiger charge is -2.40. The van der Waals surface area contributed by atoms with E-state index in [-0.39, 0.29) is 0 Å². The van der Waals surface area contributed by atoms with Crippen molar-refractivity contribution in [3.8, 4) is 0 Å². The molecule has 1 aliphatic rings. The monoisotopic (exact) mass is 329 g/mol. The zero-order chi connectivity index (χ0) is 13.5. The van der Waals surface area contributed by atoms with Crippen LogP contribution < -0.4 is 4.90 Å². The van der Waals surface area contributed by atoms with Crippen LogP contribution in [0.4, 0.5) is 5.69 Å². The molecule has 0 bridgehead atoms. The molecule has 4 heterocycles. The van der Waals surface area contributed by atoms with Crippen molar-refractivity contribution in [3.05, 3.63) is 53.2 Å². The largest absolute Gasteiger partial charge is 0.369 e. The highest BCUT2D eigenvalue weighted by Crippen LogP contribution is 2.34. The van der Waals surface area contributed by atoms with Gasteiger partial charge in [0, 0.05) is 31.7 Å². The SMILES string of the molecule is Brc1cnccc1N1CC(c2nnc3ccccn23)C1. The minimum absolute atomic E-state index is 0.424. The van der Waals surface area contributed by atoms with Crippen LogP contribution in [-0.2, 0) is 0 Å². The third-order valence-electron chi connectivity index (χ3n) is 3.68. The van der Waals surface area contributed by atoms with Crippen LogP contribution in [-0.4, -0.2) is 32.7 Å². The molecule has 0 amide bonds. The molecule has 0 aliphatic carbocycles. The standard InChI is InChI=1S/C14H12BrN5/c15-11-7-16-5-4-12(11)19-8-10(9-19)14-18-17-13-3-1-2-6-20(13)14/h1-7,10H,8-9H2. The molecule has 0 saturated carbocycles. The zero-order valence-corrected chi connectivity index (χ0v) is 12.2. The molecule has 0 unspecified atom stereocenters. The quantitative estimate of drug-likeness (QED) is 0.724. The summed E-state index contributed by atoms with van der Waals surface area (Å²) in [5, 5.41) is 8.54. The van der Waals surface area contributed by atoms with Crippen molar-refractivity contribution in [2.24, 2.45) is 0 Å². The number of halogens is 1. The number of hydrogen-bond acceptors (Lipinski definition) is 4. The van der Waals surface area contributed by atoms with Gasteiger partial charge in [-0.1, -0.05) is 6.07 Å². The third-order valence-corrected chi connectivity index (χ3v) is 4.29. The van der Waals surface area contributed by atoms with Crippen molar-refractivity contribution >= 4 is 27.3 Å². The van der Waals surface area contributed by atoms with Gasteiger partial charge in [0.25, 0.3) is 0 Å². The first-order valence-electron chi connectivity index (χ1n) is 6.47. The van der Waals surface area contributed by atoms with Gasteiger partial charge in [-0.05, 0) is 34.1 Å². The van der Waals surface area contributed by atoms with E-state index in [2.05, 4.69) is 40.4 Å². The van der Waals surface area contributed by atoms with E-state index < -0.39 is 0 Å². The first kappa shape index (κ1) is 11.8. The highest BCUT2D eigenvalue weighted by Gasteiger charge is 2.32. The van der Waals surface area contributed by atoms with Crippen molar-refractivity contribution in [2.75, 3.05) is 18.0 Å². The molecule has 20 heavy (non-hydrogen) atoms. The Bertz CT molecular complexity index is 763. The van der Waals surface area contributed by atoms with E-state index in [0.717, 1.165) is 29.0 Å². The predicted octanol–water partition coefficient (Wildman–Crippen LogP) is 2.49. The molecule has 0 radical (unpaired) electrons. The molecule has 5 nitrogen and oxygen atoms in total. The van der Waals surface area contributed by atoms with Crippen LogP contribution in [0.5, 0.6) is 0 Å². The number of anilines is 1. The number of pyridine rings is 2. The summed E-state index contributed by atoms with van der Waals surface area (Å²) in [4.78, 5) is 6.42. The van der Waals surface area contributed by atoms with Crippen LogP contribution in [0.15, 0.2) is 47.3 Å².